The summed E-state index contributed by atoms with van der Waals surface area (Å²) in [4.78, 5) is 3.91. The molecule has 2 nitrogen and oxygen atoms in total. The number of aromatic nitrogens is 1. The van der Waals surface area contributed by atoms with Crippen LogP contribution in [0.25, 0.3) is 0 Å². The Morgan fingerprint density at radius 1 is 0.882 bits per heavy atom. The number of rotatable bonds is 4. The quantitative estimate of drug-likeness (QED) is 0.879. The first-order chi connectivity index (χ1) is 8.25. The van der Waals surface area contributed by atoms with Crippen LogP contribution in [0, 0.1) is 11.6 Å². The molecule has 1 aromatic carbocycles. The molecule has 1 aromatic heterocycles. The second-order valence-electron chi connectivity index (χ2n) is 3.71. The molecule has 0 spiro atoms. The first-order valence-corrected chi connectivity index (χ1v) is 5.29. The fourth-order valence-electron chi connectivity index (χ4n) is 1.50. The van der Waals surface area contributed by atoms with E-state index in [0.717, 1.165) is 17.2 Å². The molecule has 2 aromatic rings. The highest BCUT2D eigenvalue weighted by Crippen LogP contribution is 2.08. The number of nitrogens with one attached hydrogen (secondary N) is 1. The zero-order valence-corrected chi connectivity index (χ0v) is 9.16. The van der Waals surface area contributed by atoms with Crippen LogP contribution >= 0.6 is 0 Å². The van der Waals surface area contributed by atoms with Crippen LogP contribution < -0.4 is 5.32 Å². The molecule has 88 valence electrons. The van der Waals surface area contributed by atoms with Crippen LogP contribution in [0.5, 0.6) is 0 Å². The number of halogens is 2. The number of nitrogens with zero attached hydrogens (tertiary/aromatic N) is 1. The van der Waals surface area contributed by atoms with Gasteiger partial charge in [-0.3, -0.25) is 4.98 Å². The molecule has 0 aliphatic heterocycles. The van der Waals surface area contributed by atoms with Gasteiger partial charge in [0, 0.05) is 25.5 Å². The van der Waals surface area contributed by atoms with Crippen LogP contribution in [0.1, 0.15) is 11.1 Å². The SMILES string of the molecule is Fc1ccc(CNCc2ccncc2)cc1F. The Hall–Kier alpha value is -1.81. The topological polar surface area (TPSA) is 24.9 Å². The molecule has 0 radical (unpaired) electrons. The van der Waals surface area contributed by atoms with Crippen molar-refractivity contribution in [3.63, 3.8) is 0 Å². The summed E-state index contributed by atoms with van der Waals surface area (Å²) >= 11 is 0. The van der Waals surface area contributed by atoms with Crippen LogP contribution in [-0.2, 0) is 13.1 Å². The van der Waals surface area contributed by atoms with Gasteiger partial charge in [0.1, 0.15) is 0 Å². The molecular formula is C13H12F2N2. The highest BCUT2D eigenvalue weighted by molar-refractivity contribution is 5.18. The lowest BCUT2D eigenvalue weighted by molar-refractivity contribution is 0.506. The van der Waals surface area contributed by atoms with Crippen molar-refractivity contribution in [2.24, 2.45) is 0 Å². The van der Waals surface area contributed by atoms with Gasteiger partial charge in [0.05, 0.1) is 0 Å². The molecule has 0 amide bonds. The Kier molecular flexibility index (Phi) is 3.77. The molecule has 0 saturated heterocycles. The molecule has 1 N–H and O–H groups in total. The third-order valence-corrected chi connectivity index (χ3v) is 2.39. The number of pyridine rings is 1. The zero-order valence-electron chi connectivity index (χ0n) is 9.16. The largest absolute Gasteiger partial charge is 0.309 e. The molecular weight excluding hydrogens is 222 g/mol. The minimum atomic E-state index is -0.817. The van der Waals surface area contributed by atoms with E-state index in [4.69, 9.17) is 0 Å². The number of benzene rings is 1. The van der Waals surface area contributed by atoms with Crippen LogP contribution in [-0.4, -0.2) is 4.98 Å². The number of hydrogen-bond donors (Lipinski definition) is 1. The minimum Gasteiger partial charge on any atom is -0.309 e. The summed E-state index contributed by atoms with van der Waals surface area (Å²) in [6, 6.07) is 7.71. The van der Waals surface area contributed by atoms with Gasteiger partial charge in [0.15, 0.2) is 11.6 Å². The molecule has 4 heteroatoms. The third kappa shape index (κ3) is 3.32. The lowest BCUT2D eigenvalue weighted by Crippen LogP contribution is -2.12. The highest BCUT2D eigenvalue weighted by Gasteiger charge is 2.01. The molecule has 0 bridgehead atoms. The molecule has 0 aliphatic rings. The monoisotopic (exact) mass is 234 g/mol. The van der Waals surface area contributed by atoms with Crippen molar-refractivity contribution < 1.29 is 8.78 Å². The van der Waals surface area contributed by atoms with Crippen molar-refractivity contribution in [3.05, 3.63) is 65.5 Å². The molecule has 0 fully saturated rings. The van der Waals surface area contributed by atoms with Gasteiger partial charge in [-0.25, -0.2) is 8.78 Å². The summed E-state index contributed by atoms with van der Waals surface area (Å²) in [5.41, 5.74) is 1.82. The van der Waals surface area contributed by atoms with Gasteiger partial charge in [-0.15, -0.1) is 0 Å². The van der Waals surface area contributed by atoms with E-state index in [1.54, 1.807) is 18.5 Å². The van der Waals surface area contributed by atoms with E-state index < -0.39 is 11.6 Å². The maximum atomic E-state index is 12.9. The average Bonchev–Trinajstić information content (AvgIpc) is 2.35. The predicted octanol–water partition coefficient (Wildman–Crippen LogP) is 2.65. The first kappa shape index (κ1) is 11.7. The second-order valence-corrected chi connectivity index (χ2v) is 3.71. The minimum absolute atomic E-state index is 0.500. The molecule has 1 heterocycles. The summed E-state index contributed by atoms with van der Waals surface area (Å²) in [7, 11) is 0. The van der Waals surface area contributed by atoms with Crippen molar-refractivity contribution in [3.8, 4) is 0 Å². The van der Waals surface area contributed by atoms with Crippen molar-refractivity contribution in [1.82, 2.24) is 10.3 Å². The van der Waals surface area contributed by atoms with E-state index in [2.05, 4.69) is 10.3 Å². The predicted molar refractivity (Wildman–Crippen MR) is 61.1 cm³/mol. The summed E-state index contributed by atoms with van der Waals surface area (Å²) < 4.78 is 25.6. The zero-order chi connectivity index (χ0) is 12.1. The fraction of sp³-hybridized carbons (Fsp3) is 0.154. The normalized spacial score (nSPS) is 10.5. The van der Waals surface area contributed by atoms with E-state index in [9.17, 15) is 8.78 Å². The summed E-state index contributed by atoms with van der Waals surface area (Å²) in [6.07, 6.45) is 3.43. The van der Waals surface area contributed by atoms with Gasteiger partial charge >= 0.3 is 0 Å². The summed E-state index contributed by atoms with van der Waals surface area (Å²) in [6.45, 7) is 1.17. The Labute approximate surface area is 98.3 Å². The Balaban J connectivity index is 1.88. The number of hydrogen-bond acceptors (Lipinski definition) is 2. The van der Waals surface area contributed by atoms with Crippen LogP contribution in [0.3, 0.4) is 0 Å². The van der Waals surface area contributed by atoms with E-state index >= 15 is 0 Å². The molecule has 0 saturated carbocycles. The van der Waals surface area contributed by atoms with E-state index in [1.165, 1.54) is 6.07 Å². The first-order valence-electron chi connectivity index (χ1n) is 5.29. The van der Waals surface area contributed by atoms with Crippen molar-refractivity contribution in [2.45, 2.75) is 13.1 Å². The maximum Gasteiger partial charge on any atom is 0.159 e. The van der Waals surface area contributed by atoms with Crippen molar-refractivity contribution >= 4 is 0 Å². The molecule has 2 rings (SSSR count). The summed E-state index contributed by atoms with van der Waals surface area (Å²) in [5.74, 6) is -1.63. The average molecular weight is 234 g/mol. The van der Waals surface area contributed by atoms with Gasteiger partial charge < -0.3 is 5.32 Å². The molecule has 17 heavy (non-hydrogen) atoms. The Morgan fingerprint density at radius 3 is 2.29 bits per heavy atom. The van der Waals surface area contributed by atoms with Gasteiger partial charge in [-0.05, 0) is 35.4 Å². The van der Waals surface area contributed by atoms with E-state index in [0.29, 0.717) is 13.1 Å². The van der Waals surface area contributed by atoms with Gasteiger partial charge in [-0.2, -0.15) is 0 Å². The Morgan fingerprint density at radius 2 is 1.59 bits per heavy atom. The van der Waals surface area contributed by atoms with E-state index in [-0.39, 0.29) is 0 Å². The van der Waals surface area contributed by atoms with Gasteiger partial charge in [0.2, 0.25) is 0 Å². The molecule has 0 atom stereocenters. The van der Waals surface area contributed by atoms with Crippen molar-refractivity contribution in [2.75, 3.05) is 0 Å². The van der Waals surface area contributed by atoms with Gasteiger partial charge in [0.25, 0.3) is 0 Å². The second kappa shape index (κ2) is 5.50. The van der Waals surface area contributed by atoms with E-state index in [1.807, 2.05) is 12.1 Å². The highest BCUT2D eigenvalue weighted by atomic mass is 19.2. The van der Waals surface area contributed by atoms with Crippen LogP contribution in [0.2, 0.25) is 0 Å². The lowest BCUT2D eigenvalue weighted by atomic mass is 10.2. The smallest absolute Gasteiger partial charge is 0.159 e. The van der Waals surface area contributed by atoms with Gasteiger partial charge in [-0.1, -0.05) is 6.07 Å². The lowest BCUT2D eigenvalue weighted by Gasteiger charge is -2.05. The van der Waals surface area contributed by atoms with Crippen molar-refractivity contribution in [1.29, 1.82) is 0 Å². The van der Waals surface area contributed by atoms with Crippen LogP contribution in [0.4, 0.5) is 8.78 Å². The maximum absolute atomic E-state index is 12.9. The molecule has 0 aliphatic carbocycles. The fourth-order valence-corrected chi connectivity index (χ4v) is 1.50. The summed E-state index contributed by atoms with van der Waals surface area (Å²) in [5, 5.41) is 3.15. The third-order valence-electron chi connectivity index (χ3n) is 2.39. The standard InChI is InChI=1S/C13H12F2N2/c14-12-2-1-11(7-13(12)15)9-17-8-10-3-5-16-6-4-10/h1-7,17H,8-9H2. The Bertz CT molecular complexity index is 486. The van der Waals surface area contributed by atoms with Crippen LogP contribution in [0.15, 0.2) is 42.7 Å². The molecule has 0 unspecified atom stereocenters.